The minimum absolute atomic E-state index is 0.567. The average Bonchev–Trinajstić information content (AvgIpc) is 3.22. The minimum Gasteiger partial charge on any atom is -0.314 e. The Morgan fingerprint density at radius 2 is 2.04 bits per heavy atom. The van der Waals surface area contributed by atoms with Gasteiger partial charge in [0.2, 0.25) is 0 Å². The lowest BCUT2D eigenvalue weighted by atomic mass is 9.95. The normalized spacial score (nSPS) is 17.6. The predicted octanol–water partition coefficient (Wildman–Crippen LogP) is 2.21. The smallest absolute Gasteiger partial charge is 0.141 e. The van der Waals surface area contributed by atoms with E-state index in [2.05, 4.69) is 30.0 Å². The first-order chi connectivity index (χ1) is 12.3. The Balaban J connectivity index is 1.46. The molecule has 0 unspecified atom stereocenters. The molecule has 6 nitrogen and oxygen atoms in total. The highest BCUT2D eigenvalue weighted by atomic mass is 35.5. The highest BCUT2D eigenvalue weighted by Gasteiger charge is 2.26. The summed E-state index contributed by atoms with van der Waals surface area (Å²) >= 11 is 8.04. The summed E-state index contributed by atoms with van der Waals surface area (Å²) in [6, 6.07) is 0. The second-order valence-electron chi connectivity index (χ2n) is 6.57. The van der Waals surface area contributed by atoms with E-state index in [1.807, 2.05) is 6.20 Å². The average molecular weight is 375 g/mol. The lowest BCUT2D eigenvalue weighted by Gasteiger charge is -2.27. The molecule has 0 bridgehead atoms. The summed E-state index contributed by atoms with van der Waals surface area (Å²) in [7, 11) is 0. The van der Waals surface area contributed by atoms with Crippen molar-refractivity contribution in [3.05, 3.63) is 28.9 Å². The third-order valence-corrected chi connectivity index (χ3v) is 6.64. The molecule has 4 heterocycles. The molecule has 1 N–H and O–H groups in total. The number of hydrogen-bond acceptors (Lipinski definition) is 6. The van der Waals surface area contributed by atoms with Gasteiger partial charge in [-0.3, -0.25) is 9.58 Å². The van der Waals surface area contributed by atoms with E-state index < -0.39 is 0 Å². The van der Waals surface area contributed by atoms with Crippen LogP contribution in [0.4, 0.5) is 0 Å². The third kappa shape index (κ3) is 2.66. The molecular formula is C17H19ClN6S. The summed E-state index contributed by atoms with van der Waals surface area (Å²) in [4.78, 5) is 13.3. The number of nitrogens with one attached hydrogen (secondary N) is 1. The molecule has 3 aromatic rings. The molecule has 8 heteroatoms. The van der Waals surface area contributed by atoms with Gasteiger partial charge in [-0.1, -0.05) is 11.6 Å². The van der Waals surface area contributed by atoms with Crippen LogP contribution < -0.4 is 5.32 Å². The van der Waals surface area contributed by atoms with Crippen LogP contribution in [0.15, 0.2) is 12.5 Å². The standard InChI is InChI=1S/C17H19ClN6S/c18-16-14-11-1-2-13-12(15(11)25-17(14)21-10-20-16)9-22-24(13)8-7-23-5-3-19-4-6-23/h9-10,19H,1-8H2. The monoisotopic (exact) mass is 374 g/mol. The number of rotatable bonds is 3. The van der Waals surface area contributed by atoms with E-state index in [0.29, 0.717) is 5.15 Å². The molecule has 0 spiro atoms. The molecule has 25 heavy (non-hydrogen) atoms. The van der Waals surface area contributed by atoms with Gasteiger partial charge in [0.1, 0.15) is 16.3 Å². The maximum atomic E-state index is 6.33. The van der Waals surface area contributed by atoms with Crippen LogP contribution in [-0.2, 0) is 19.4 Å². The third-order valence-electron chi connectivity index (χ3n) is 5.18. The van der Waals surface area contributed by atoms with Crippen LogP contribution >= 0.6 is 22.9 Å². The molecule has 130 valence electrons. The first kappa shape index (κ1) is 15.7. The van der Waals surface area contributed by atoms with Crippen molar-refractivity contribution in [3.63, 3.8) is 0 Å². The zero-order valence-corrected chi connectivity index (χ0v) is 15.4. The van der Waals surface area contributed by atoms with Crippen molar-refractivity contribution >= 4 is 33.2 Å². The molecule has 1 aliphatic heterocycles. The van der Waals surface area contributed by atoms with Crippen LogP contribution in [0.2, 0.25) is 5.15 Å². The van der Waals surface area contributed by atoms with Gasteiger partial charge in [0.15, 0.2) is 0 Å². The van der Waals surface area contributed by atoms with Gasteiger partial charge in [0.05, 0.1) is 18.1 Å². The molecule has 0 radical (unpaired) electrons. The topological polar surface area (TPSA) is 58.9 Å². The second kappa shape index (κ2) is 6.32. The van der Waals surface area contributed by atoms with Gasteiger partial charge in [-0.05, 0) is 18.4 Å². The number of halogens is 1. The lowest BCUT2D eigenvalue weighted by Crippen LogP contribution is -2.44. The summed E-state index contributed by atoms with van der Waals surface area (Å²) in [5.41, 5.74) is 3.89. The van der Waals surface area contributed by atoms with Crippen LogP contribution in [0.3, 0.4) is 0 Å². The van der Waals surface area contributed by atoms with E-state index in [0.717, 1.165) is 62.3 Å². The minimum atomic E-state index is 0.567. The van der Waals surface area contributed by atoms with Crippen LogP contribution in [0.1, 0.15) is 11.3 Å². The van der Waals surface area contributed by atoms with Crippen LogP contribution in [0, 0.1) is 0 Å². The number of aryl methyl sites for hydroxylation is 1. The predicted molar refractivity (Wildman–Crippen MR) is 100 cm³/mol. The summed E-state index contributed by atoms with van der Waals surface area (Å²) in [5.74, 6) is 0. The van der Waals surface area contributed by atoms with Crippen LogP contribution in [0.5, 0.6) is 0 Å². The lowest BCUT2D eigenvalue weighted by molar-refractivity contribution is 0.228. The highest BCUT2D eigenvalue weighted by Crippen LogP contribution is 2.44. The summed E-state index contributed by atoms with van der Waals surface area (Å²) in [6.45, 7) is 6.44. The van der Waals surface area contributed by atoms with Crippen LogP contribution in [-0.4, -0.2) is 57.4 Å². The van der Waals surface area contributed by atoms with Gasteiger partial charge in [0, 0.05) is 48.9 Å². The van der Waals surface area contributed by atoms with E-state index in [9.17, 15) is 0 Å². The van der Waals surface area contributed by atoms with Gasteiger partial charge < -0.3 is 5.32 Å². The zero-order chi connectivity index (χ0) is 16.8. The van der Waals surface area contributed by atoms with Crippen molar-refractivity contribution in [2.45, 2.75) is 19.4 Å². The molecular weight excluding hydrogens is 356 g/mol. The fraction of sp³-hybridized carbons (Fsp3) is 0.471. The quantitative estimate of drug-likeness (QED) is 0.712. The van der Waals surface area contributed by atoms with E-state index in [1.165, 1.54) is 21.7 Å². The number of piperazine rings is 1. The Hall–Kier alpha value is -1.54. The second-order valence-corrected chi connectivity index (χ2v) is 7.93. The Kier molecular flexibility index (Phi) is 3.97. The van der Waals surface area contributed by atoms with Crippen molar-refractivity contribution < 1.29 is 0 Å². The zero-order valence-electron chi connectivity index (χ0n) is 13.8. The first-order valence-corrected chi connectivity index (χ1v) is 9.90. The molecule has 2 aliphatic rings. The van der Waals surface area contributed by atoms with Gasteiger partial charge in [0.25, 0.3) is 0 Å². The largest absolute Gasteiger partial charge is 0.314 e. The van der Waals surface area contributed by atoms with E-state index >= 15 is 0 Å². The SMILES string of the molecule is Clc1ncnc2sc3c(c12)CCc1c-3cnn1CCN1CCNCC1. The molecule has 1 fully saturated rings. The number of aromatic nitrogens is 4. The Bertz CT molecular complexity index is 927. The molecule has 0 saturated carbocycles. The summed E-state index contributed by atoms with van der Waals surface area (Å²) < 4.78 is 2.19. The fourth-order valence-electron chi connectivity index (χ4n) is 3.88. The summed E-state index contributed by atoms with van der Waals surface area (Å²) in [6.07, 6.45) is 5.54. The number of fused-ring (bicyclic) bond motifs is 5. The fourth-order valence-corrected chi connectivity index (χ4v) is 5.41. The van der Waals surface area contributed by atoms with Crippen molar-refractivity contribution in [1.82, 2.24) is 30.0 Å². The van der Waals surface area contributed by atoms with Crippen molar-refractivity contribution in [1.29, 1.82) is 0 Å². The van der Waals surface area contributed by atoms with Gasteiger partial charge in [-0.2, -0.15) is 5.10 Å². The maximum Gasteiger partial charge on any atom is 0.141 e. The molecule has 1 saturated heterocycles. The van der Waals surface area contributed by atoms with Crippen molar-refractivity contribution in [2.24, 2.45) is 0 Å². The Morgan fingerprint density at radius 1 is 1.16 bits per heavy atom. The molecule has 0 atom stereocenters. The Morgan fingerprint density at radius 3 is 2.92 bits per heavy atom. The molecule has 0 amide bonds. The molecule has 3 aromatic heterocycles. The summed E-state index contributed by atoms with van der Waals surface area (Å²) in [5, 5.41) is 9.68. The highest BCUT2D eigenvalue weighted by molar-refractivity contribution is 7.22. The number of nitrogens with zero attached hydrogens (tertiary/aromatic N) is 5. The van der Waals surface area contributed by atoms with Crippen LogP contribution in [0.25, 0.3) is 20.7 Å². The molecule has 1 aliphatic carbocycles. The van der Waals surface area contributed by atoms with Crippen molar-refractivity contribution in [2.75, 3.05) is 32.7 Å². The Labute approximate surface area is 154 Å². The molecule has 0 aromatic carbocycles. The van der Waals surface area contributed by atoms with E-state index in [1.54, 1.807) is 17.7 Å². The first-order valence-electron chi connectivity index (χ1n) is 8.71. The van der Waals surface area contributed by atoms with Gasteiger partial charge in [-0.15, -0.1) is 11.3 Å². The van der Waals surface area contributed by atoms with Gasteiger partial charge in [-0.25, -0.2) is 9.97 Å². The van der Waals surface area contributed by atoms with Gasteiger partial charge >= 0.3 is 0 Å². The van der Waals surface area contributed by atoms with E-state index in [-0.39, 0.29) is 0 Å². The van der Waals surface area contributed by atoms with Crippen molar-refractivity contribution in [3.8, 4) is 10.4 Å². The number of thiophene rings is 1. The maximum absolute atomic E-state index is 6.33. The molecule has 5 rings (SSSR count). The van der Waals surface area contributed by atoms with E-state index in [4.69, 9.17) is 11.6 Å². The number of hydrogen-bond donors (Lipinski definition) is 1.